The van der Waals surface area contributed by atoms with Gasteiger partial charge >= 0.3 is 5.97 Å². The Morgan fingerprint density at radius 3 is 1.87 bits per heavy atom. The molecule has 4 rings (SSSR count). The number of benzene rings is 3. The van der Waals surface area contributed by atoms with E-state index in [1.165, 1.54) is 21.3 Å². The number of fused-ring (bicyclic) bond motifs is 2. The van der Waals surface area contributed by atoms with Crippen molar-refractivity contribution in [3.8, 4) is 28.7 Å². The molecule has 0 spiro atoms. The second-order valence-corrected chi connectivity index (χ2v) is 6.76. The molecule has 0 atom stereocenters. The monoisotopic (exact) mass is 406 g/mol. The quantitative estimate of drug-likeness (QED) is 0.553. The van der Waals surface area contributed by atoms with E-state index in [4.69, 9.17) is 23.7 Å². The predicted octanol–water partition coefficient (Wildman–Crippen LogP) is 4.69. The molecule has 154 valence electrons. The third-order valence-electron chi connectivity index (χ3n) is 4.95. The predicted molar refractivity (Wildman–Crippen MR) is 111 cm³/mol. The van der Waals surface area contributed by atoms with Gasteiger partial charge in [0.25, 0.3) is 0 Å². The molecule has 1 aliphatic rings. The summed E-state index contributed by atoms with van der Waals surface area (Å²) in [6, 6.07) is 18.6. The molecule has 0 aliphatic carbocycles. The summed E-state index contributed by atoms with van der Waals surface area (Å²) in [6.07, 6.45) is -0.487. The smallest absolute Gasteiger partial charge is 0.311 e. The number of hydrogen-bond acceptors (Lipinski definition) is 6. The Labute approximate surface area is 174 Å². The molecule has 1 heterocycles. The van der Waals surface area contributed by atoms with Crippen LogP contribution in [0.3, 0.4) is 0 Å². The standard InChI is InChI=1S/C24H22O6/c1-26-20-12-15(13-21(27-2)24(20)28-3)14-22(25)30-23-16-8-4-6-10-18(16)29-19-11-7-5-9-17(19)23/h4-13,23H,14H2,1-3H3. The van der Waals surface area contributed by atoms with Gasteiger partial charge in [-0.2, -0.15) is 0 Å². The molecule has 0 unspecified atom stereocenters. The third kappa shape index (κ3) is 3.64. The second kappa shape index (κ2) is 8.37. The van der Waals surface area contributed by atoms with Gasteiger partial charge in [-0.25, -0.2) is 0 Å². The average molecular weight is 406 g/mol. The molecule has 30 heavy (non-hydrogen) atoms. The van der Waals surface area contributed by atoms with Crippen LogP contribution in [0.25, 0.3) is 0 Å². The molecule has 0 saturated carbocycles. The Hall–Kier alpha value is -3.67. The highest BCUT2D eigenvalue weighted by Gasteiger charge is 2.30. The fourth-order valence-corrected chi connectivity index (χ4v) is 3.57. The molecular formula is C24H22O6. The van der Waals surface area contributed by atoms with E-state index in [0.29, 0.717) is 34.3 Å². The fourth-order valence-electron chi connectivity index (χ4n) is 3.57. The second-order valence-electron chi connectivity index (χ2n) is 6.76. The molecule has 0 saturated heterocycles. The summed E-state index contributed by atoms with van der Waals surface area (Å²) in [4.78, 5) is 12.9. The van der Waals surface area contributed by atoms with Gasteiger partial charge in [0.15, 0.2) is 17.6 Å². The molecule has 1 aliphatic heterocycles. The lowest BCUT2D eigenvalue weighted by Crippen LogP contribution is -2.18. The SMILES string of the molecule is COc1cc(CC(=O)OC2c3ccccc3Oc3ccccc32)cc(OC)c1OC. The fraction of sp³-hybridized carbons (Fsp3) is 0.208. The van der Waals surface area contributed by atoms with Gasteiger partial charge in [0.2, 0.25) is 5.75 Å². The zero-order valence-corrected chi connectivity index (χ0v) is 17.0. The molecule has 3 aromatic rings. The molecule has 6 nitrogen and oxygen atoms in total. The van der Waals surface area contributed by atoms with Crippen molar-refractivity contribution < 1.29 is 28.5 Å². The maximum Gasteiger partial charge on any atom is 0.311 e. The zero-order valence-electron chi connectivity index (χ0n) is 17.0. The van der Waals surface area contributed by atoms with Crippen molar-refractivity contribution in [2.45, 2.75) is 12.5 Å². The van der Waals surface area contributed by atoms with Crippen molar-refractivity contribution in [2.75, 3.05) is 21.3 Å². The van der Waals surface area contributed by atoms with E-state index in [-0.39, 0.29) is 12.4 Å². The maximum atomic E-state index is 12.9. The molecule has 0 bridgehead atoms. The molecule has 0 N–H and O–H groups in total. The largest absolute Gasteiger partial charge is 0.493 e. The summed E-state index contributed by atoms with van der Waals surface area (Å²) in [5.41, 5.74) is 2.33. The normalized spacial score (nSPS) is 12.2. The topological polar surface area (TPSA) is 63.2 Å². The van der Waals surface area contributed by atoms with Gasteiger partial charge in [0.1, 0.15) is 11.5 Å². The summed E-state index contributed by atoms with van der Waals surface area (Å²) in [5.74, 6) is 2.44. The van der Waals surface area contributed by atoms with Crippen molar-refractivity contribution in [3.05, 3.63) is 77.4 Å². The highest BCUT2D eigenvalue weighted by atomic mass is 16.6. The Morgan fingerprint density at radius 1 is 0.833 bits per heavy atom. The summed E-state index contributed by atoms with van der Waals surface area (Å²) in [5, 5.41) is 0. The minimum absolute atomic E-state index is 0.0540. The van der Waals surface area contributed by atoms with Crippen molar-refractivity contribution in [1.82, 2.24) is 0 Å². The van der Waals surface area contributed by atoms with Gasteiger partial charge in [-0.1, -0.05) is 36.4 Å². The first-order chi connectivity index (χ1) is 14.6. The van der Waals surface area contributed by atoms with E-state index in [1.54, 1.807) is 12.1 Å². The molecule has 3 aromatic carbocycles. The number of carbonyl (C=O) groups is 1. The van der Waals surface area contributed by atoms with Crippen LogP contribution in [0.1, 0.15) is 22.8 Å². The minimum atomic E-state index is -0.541. The van der Waals surface area contributed by atoms with Crippen LogP contribution in [-0.2, 0) is 16.0 Å². The molecule has 0 aromatic heterocycles. The Kier molecular flexibility index (Phi) is 5.48. The van der Waals surface area contributed by atoms with Crippen molar-refractivity contribution in [3.63, 3.8) is 0 Å². The molecule has 0 fully saturated rings. The van der Waals surface area contributed by atoms with E-state index in [1.807, 2.05) is 48.5 Å². The van der Waals surface area contributed by atoms with Crippen molar-refractivity contribution in [2.24, 2.45) is 0 Å². The number of methoxy groups -OCH3 is 3. The van der Waals surface area contributed by atoms with Gasteiger partial charge in [-0.3, -0.25) is 4.79 Å². The lowest BCUT2D eigenvalue weighted by atomic mass is 9.97. The highest BCUT2D eigenvalue weighted by Crippen LogP contribution is 2.44. The summed E-state index contributed by atoms with van der Waals surface area (Å²) in [6.45, 7) is 0. The van der Waals surface area contributed by atoms with Crippen LogP contribution < -0.4 is 18.9 Å². The van der Waals surface area contributed by atoms with E-state index in [9.17, 15) is 4.79 Å². The van der Waals surface area contributed by atoms with Gasteiger partial charge < -0.3 is 23.7 Å². The zero-order chi connectivity index (χ0) is 21.1. The lowest BCUT2D eigenvalue weighted by Gasteiger charge is -2.28. The number of ether oxygens (including phenoxy) is 5. The number of para-hydroxylation sites is 2. The van der Waals surface area contributed by atoms with Crippen LogP contribution in [-0.4, -0.2) is 27.3 Å². The summed E-state index contributed by atoms with van der Waals surface area (Å²) in [7, 11) is 4.61. The van der Waals surface area contributed by atoms with Crippen LogP contribution in [0.2, 0.25) is 0 Å². The highest BCUT2D eigenvalue weighted by molar-refractivity contribution is 5.74. The third-order valence-corrected chi connectivity index (χ3v) is 4.95. The number of carbonyl (C=O) groups excluding carboxylic acids is 1. The lowest BCUT2D eigenvalue weighted by molar-refractivity contribution is -0.146. The van der Waals surface area contributed by atoms with E-state index < -0.39 is 6.10 Å². The minimum Gasteiger partial charge on any atom is -0.493 e. The van der Waals surface area contributed by atoms with Crippen molar-refractivity contribution in [1.29, 1.82) is 0 Å². The summed E-state index contributed by atoms with van der Waals surface area (Å²) >= 11 is 0. The van der Waals surface area contributed by atoms with Gasteiger partial charge in [0.05, 0.1) is 27.8 Å². The van der Waals surface area contributed by atoms with E-state index in [2.05, 4.69) is 0 Å². The molecular weight excluding hydrogens is 384 g/mol. The Bertz CT molecular complexity index is 1000. The first kappa shape index (κ1) is 19.6. The van der Waals surface area contributed by atoms with Crippen molar-refractivity contribution >= 4 is 5.97 Å². The van der Waals surface area contributed by atoms with Gasteiger partial charge in [-0.15, -0.1) is 0 Å². The number of esters is 1. The van der Waals surface area contributed by atoms with Crippen LogP contribution >= 0.6 is 0 Å². The number of rotatable bonds is 6. The molecule has 6 heteroatoms. The van der Waals surface area contributed by atoms with Crippen LogP contribution in [0.5, 0.6) is 28.7 Å². The first-order valence-corrected chi connectivity index (χ1v) is 9.48. The molecule has 0 radical (unpaired) electrons. The van der Waals surface area contributed by atoms with E-state index in [0.717, 1.165) is 11.1 Å². The van der Waals surface area contributed by atoms with Crippen LogP contribution in [0, 0.1) is 0 Å². The average Bonchev–Trinajstić information content (AvgIpc) is 2.78. The molecule has 0 amide bonds. The first-order valence-electron chi connectivity index (χ1n) is 9.48. The number of hydrogen-bond donors (Lipinski definition) is 0. The van der Waals surface area contributed by atoms with Gasteiger partial charge in [-0.05, 0) is 29.8 Å². The maximum absolute atomic E-state index is 12.9. The summed E-state index contributed by atoms with van der Waals surface area (Å²) < 4.78 is 28.0. The van der Waals surface area contributed by atoms with Crippen LogP contribution in [0.4, 0.5) is 0 Å². The van der Waals surface area contributed by atoms with E-state index >= 15 is 0 Å². The Balaban J connectivity index is 1.61. The van der Waals surface area contributed by atoms with Gasteiger partial charge in [0, 0.05) is 11.1 Å². The Morgan fingerprint density at radius 2 is 1.37 bits per heavy atom. The van der Waals surface area contributed by atoms with Crippen LogP contribution in [0.15, 0.2) is 60.7 Å².